The first-order chi connectivity index (χ1) is 13.4. The molecule has 2 atom stereocenters. The van der Waals surface area contributed by atoms with E-state index < -0.39 is 25.9 Å². The van der Waals surface area contributed by atoms with E-state index in [9.17, 15) is 19.0 Å². The van der Waals surface area contributed by atoms with Crippen molar-refractivity contribution in [3.63, 3.8) is 0 Å². The molecular formula is C20H33N3O5P-. The molecule has 164 valence electrons. The van der Waals surface area contributed by atoms with Crippen LogP contribution in [0, 0.1) is 11.3 Å². The molecule has 1 aromatic carbocycles. The number of amides is 2. The summed E-state index contributed by atoms with van der Waals surface area (Å²) in [6, 6.07) is 8.15. The van der Waals surface area contributed by atoms with Crippen molar-refractivity contribution in [1.82, 2.24) is 15.7 Å². The van der Waals surface area contributed by atoms with Gasteiger partial charge < -0.3 is 24.8 Å². The Morgan fingerprint density at radius 2 is 1.76 bits per heavy atom. The Kier molecular flexibility index (Phi) is 9.83. The van der Waals surface area contributed by atoms with Gasteiger partial charge in [0.25, 0.3) is 0 Å². The summed E-state index contributed by atoms with van der Waals surface area (Å²) >= 11 is 0. The highest BCUT2D eigenvalue weighted by Gasteiger charge is 2.25. The van der Waals surface area contributed by atoms with Crippen molar-refractivity contribution in [3.05, 3.63) is 35.9 Å². The zero-order valence-electron chi connectivity index (χ0n) is 17.9. The summed E-state index contributed by atoms with van der Waals surface area (Å²) < 4.78 is 17.4. The number of nitrogens with one attached hydrogen (secondary N) is 3. The van der Waals surface area contributed by atoms with Crippen LogP contribution in [0.5, 0.6) is 0 Å². The van der Waals surface area contributed by atoms with Gasteiger partial charge in [0.1, 0.15) is 6.61 Å². The Morgan fingerprint density at radius 1 is 1.14 bits per heavy atom. The number of carbonyl (C=O) groups is 2. The summed E-state index contributed by atoms with van der Waals surface area (Å²) in [7, 11) is -4.25. The first-order valence-corrected chi connectivity index (χ1v) is 11.5. The quantitative estimate of drug-likeness (QED) is 0.495. The lowest BCUT2D eigenvalue weighted by Crippen LogP contribution is -2.48. The van der Waals surface area contributed by atoms with Crippen molar-refractivity contribution >= 4 is 19.5 Å². The summed E-state index contributed by atoms with van der Waals surface area (Å²) in [4.78, 5) is 36.6. The van der Waals surface area contributed by atoms with Gasteiger partial charge in [-0.3, -0.25) is 9.88 Å². The highest BCUT2D eigenvalue weighted by atomic mass is 31.2. The topological polar surface area (TPSA) is 120 Å². The van der Waals surface area contributed by atoms with Gasteiger partial charge >= 0.3 is 6.09 Å². The molecule has 0 saturated heterocycles. The minimum absolute atomic E-state index is 0.0362. The normalized spacial score (nSPS) is 14.7. The van der Waals surface area contributed by atoms with Crippen LogP contribution in [0.25, 0.3) is 0 Å². The third kappa shape index (κ3) is 11.6. The second-order valence-electron chi connectivity index (χ2n) is 8.66. The monoisotopic (exact) mass is 426 g/mol. The second kappa shape index (κ2) is 11.3. The number of ether oxygens (including phenoxy) is 1. The van der Waals surface area contributed by atoms with Crippen molar-refractivity contribution < 1.29 is 23.8 Å². The van der Waals surface area contributed by atoms with E-state index in [1.54, 1.807) is 12.1 Å². The molecule has 1 unspecified atom stereocenters. The number of benzene rings is 1. The minimum atomic E-state index is -4.25. The van der Waals surface area contributed by atoms with E-state index in [-0.39, 0.29) is 23.8 Å². The molecule has 0 aliphatic carbocycles. The van der Waals surface area contributed by atoms with Crippen LogP contribution in [0.4, 0.5) is 4.79 Å². The molecule has 29 heavy (non-hydrogen) atoms. The van der Waals surface area contributed by atoms with Gasteiger partial charge in [0.05, 0.1) is 19.8 Å². The molecule has 0 heterocycles. The summed E-state index contributed by atoms with van der Waals surface area (Å²) in [5.41, 5.74) is 0.669. The fraction of sp³-hybridized carbons (Fsp3) is 0.600. The third-order valence-corrected chi connectivity index (χ3v) is 5.09. The van der Waals surface area contributed by atoms with Gasteiger partial charge in [-0.15, -0.1) is 0 Å². The average Bonchev–Trinajstić information content (AvgIpc) is 2.62. The largest absolute Gasteiger partial charge is 0.787 e. The van der Waals surface area contributed by atoms with Crippen LogP contribution in [-0.4, -0.2) is 30.9 Å². The van der Waals surface area contributed by atoms with Crippen molar-refractivity contribution in [2.24, 2.45) is 11.3 Å². The minimum Gasteiger partial charge on any atom is -0.787 e. The molecule has 1 rings (SSSR count). The first kappa shape index (κ1) is 25.1. The molecule has 0 spiro atoms. The van der Waals surface area contributed by atoms with Gasteiger partial charge in [0, 0.05) is 6.54 Å². The van der Waals surface area contributed by atoms with E-state index in [1.807, 2.05) is 52.8 Å². The Balaban J connectivity index is 2.56. The predicted octanol–water partition coefficient (Wildman–Crippen LogP) is 2.59. The van der Waals surface area contributed by atoms with Crippen LogP contribution in [0.3, 0.4) is 0 Å². The molecule has 0 aliphatic rings. The van der Waals surface area contributed by atoms with Gasteiger partial charge in [0.2, 0.25) is 5.91 Å². The van der Waals surface area contributed by atoms with Crippen LogP contribution in [0.2, 0.25) is 0 Å². The number of rotatable bonds is 10. The fourth-order valence-corrected chi connectivity index (χ4v) is 3.52. The van der Waals surface area contributed by atoms with Gasteiger partial charge in [-0.05, 0) is 23.3 Å². The molecule has 0 saturated carbocycles. The number of alkyl carbamates (subject to hydrolysis) is 1. The van der Waals surface area contributed by atoms with E-state index in [4.69, 9.17) is 4.74 Å². The number of hydrogen-bond donors (Lipinski definition) is 3. The molecule has 9 heteroatoms. The fourth-order valence-electron chi connectivity index (χ4n) is 2.39. The Bertz CT molecular complexity index is 704. The SMILES string of the molecule is CC(C)C[C@H](NP(=O)([O-])CNC(=O)OCc1ccccc1)C(=O)NCC(C)(C)C. The number of carbonyl (C=O) groups excluding carboxylic acids is 2. The molecule has 0 aromatic heterocycles. The lowest BCUT2D eigenvalue weighted by Gasteiger charge is -2.31. The van der Waals surface area contributed by atoms with Crippen LogP contribution in [0.15, 0.2) is 30.3 Å². The van der Waals surface area contributed by atoms with E-state index in [0.717, 1.165) is 5.56 Å². The third-order valence-electron chi connectivity index (χ3n) is 3.81. The summed E-state index contributed by atoms with van der Waals surface area (Å²) in [6.45, 7) is 10.2. The maximum atomic E-state index is 12.5. The molecule has 1 aromatic rings. The van der Waals surface area contributed by atoms with Crippen molar-refractivity contribution in [3.8, 4) is 0 Å². The predicted molar refractivity (Wildman–Crippen MR) is 111 cm³/mol. The molecule has 0 fully saturated rings. The van der Waals surface area contributed by atoms with E-state index in [1.165, 1.54) is 0 Å². The molecule has 0 bridgehead atoms. The number of hydrogen-bond acceptors (Lipinski definition) is 5. The van der Waals surface area contributed by atoms with Gasteiger partial charge in [-0.25, -0.2) is 4.79 Å². The Morgan fingerprint density at radius 3 is 2.31 bits per heavy atom. The van der Waals surface area contributed by atoms with Crippen LogP contribution in [0.1, 0.15) is 46.6 Å². The zero-order valence-corrected chi connectivity index (χ0v) is 18.8. The Labute approximate surface area is 173 Å². The van der Waals surface area contributed by atoms with E-state index in [0.29, 0.717) is 13.0 Å². The highest BCUT2D eigenvalue weighted by molar-refractivity contribution is 7.54. The smallest absolute Gasteiger partial charge is 0.407 e. The van der Waals surface area contributed by atoms with Crippen molar-refractivity contribution in [1.29, 1.82) is 0 Å². The van der Waals surface area contributed by atoms with Crippen LogP contribution < -0.4 is 20.6 Å². The van der Waals surface area contributed by atoms with Gasteiger partial charge in [-0.2, -0.15) is 0 Å². The molecule has 0 radical (unpaired) electrons. The van der Waals surface area contributed by atoms with E-state index in [2.05, 4.69) is 15.7 Å². The van der Waals surface area contributed by atoms with Crippen LogP contribution in [-0.2, 0) is 20.7 Å². The second-order valence-corrected chi connectivity index (χ2v) is 10.6. The van der Waals surface area contributed by atoms with Crippen molar-refractivity contribution in [2.45, 2.75) is 53.7 Å². The maximum absolute atomic E-state index is 12.5. The first-order valence-electron chi connectivity index (χ1n) is 9.68. The molecule has 3 N–H and O–H groups in total. The zero-order chi connectivity index (χ0) is 22.1. The summed E-state index contributed by atoms with van der Waals surface area (Å²) in [6.07, 6.45) is -1.15. The van der Waals surface area contributed by atoms with E-state index >= 15 is 0 Å². The average molecular weight is 426 g/mol. The lowest BCUT2D eigenvalue weighted by atomic mass is 9.96. The molecule has 2 amide bonds. The Hall–Kier alpha value is -1.89. The summed E-state index contributed by atoms with van der Waals surface area (Å²) in [5.74, 6) is -0.270. The van der Waals surface area contributed by atoms with Gasteiger partial charge in [-0.1, -0.05) is 65.0 Å². The summed E-state index contributed by atoms with van der Waals surface area (Å²) in [5, 5.41) is 7.40. The van der Waals surface area contributed by atoms with Crippen molar-refractivity contribution in [2.75, 3.05) is 12.8 Å². The highest BCUT2D eigenvalue weighted by Crippen LogP contribution is 2.30. The molecule has 0 aliphatic heterocycles. The maximum Gasteiger partial charge on any atom is 0.407 e. The van der Waals surface area contributed by atoms with Gasteiger partial charge in [0.15, 0.2) is 0 Å². The molecular weight excluding hydrogens is 393 g/mol. The standard InChI is InChI=1S/C20H34N3O5P/c1-15(2)11-17(18(24)21-13-20(3,4)5)23-29(26,27)14-22-19(25)28-12-16-9-7-6-8-10-16/h6-10,15,17H,11-14H2,1-5H3,(H,21,24)(H,22,25)(H2,23,26,27)/p-1/t17-/m0/s1. The van der Waals surface area contributed by atoms with Crippen LogP contribution >= 0.6 is 7.52 Å². The lowest BCUT2D eigenvalue weighted by molar-refractivity contribution is -0.179. The molecule has 8 nitrogen and oxygen atoms in total.